The molecule has 0 bridgehead atoms. The highest BCUT2D eigenvalue weighted by molar-refractivity contribution is 9.10. The number of fused-ring (bicyclic) bond motifs is 1. The van der Waals surface area contributed by atoms with Crippen LogP contribution in [0.2, 0.25) is 0 Å². The van der Waals surface area contributed by atoms with Crippen LogP contribution in [0, 0.1) is 0 Å². The Morgan fingerprint density at radius 2 is 1.95 bits per heavy atom. The van der Waals surface area contributed by atoms with E-state index in [0.717, 1.165) is 29.7 Å². The summed E-state index contributed by atoms with van der Waals surface area (Å²) in [5.74, 6) is 0. The highest BCUT2D eigenvalue weighted by Crippen LogP contribution is 2.23. The molecule has 0 spiro atoms. The van der Waals surface area contributed by atoms with Gasteiger partial charge in [-0.1, -0.05) is 35.0 Å². The second-order valence-electron chi connectivity index (χ2n) is 5.17. The molecule has 0 radical (unpaired) electrons. The van der Waals surface area contributed by atoms with Crippen molar-refractivity contribution in [2.45, 2.75) is 26.4 Å². The number of aryl methyl sites for hydroxylation is 1. The van der Waals surface area contributed by atoms with Gasteiger partial charge in [-0.2, -0.15) is 5.10 Å². The smallest absolute Gasteiger partial charge is 0.0539 e. The second kappa shape index (κ2) is 6.31. The molecule has 21 heavy (non-hydrogen) atoms. The molecular weight excluding hydrogens is 326 g/mol. The van der Waals surface area contributed by atoms with Crippen molar-refractivity contribution >= 4 is 32.4 Å². The van der Waals surface area contributed by atoms with Gasteiger partial charge in [-0.05, 0) is 41.5 Å². The summed E-state index contributed by atoms with van der Waals surface area (Å²) < 4.78 is 3.11. The Morgan fingerprint density at radius 1 is 1.14 bits per heavy atom. The van der Waals surface area contributed by atoms with Gasteiger partial charge in [0.15, 0.2) is 0 Å². The number of nitrogens with zero attached hydrogens (tertiary/aromatic N) is 2. The molecule has 1 heterocycles. The van der Waals surface area contributed by atoms with Gasteiger partial charge in [-0.25, -0.2) is 0 Å². The molecule has 1 aromatic heterocycles. The monoisotopic (exact) mass is 343 g/mol. The van der Waals surface area contributed by atoms with E-state index < -0.39 is 0 Å². The summed E-state index contributed by atoms with van der Waals surface area (Å²) in [6.45, 7) is 3.93. The Balaban J connectivity index is 1.70. The molecule has 0 unspecified atom stereocenters. The normalized spacial score (nSPS) is 11.0. The van der Waals surface area contributed by atoms with Crippen LogP contribution in [0.4, 0.5) is 5.69 Å². The molecule has 108 valence electrons. The molecule has 0 saturated heterocycles. The SMILES string of the molecule is CCCn1cc(CNc2ccc3cc(Br)ccc3c2)cn1. The van der Waals surface area contributed by atoms with Gasteiger partial charge in [-0.3, -0.25) is 4.68 Å². The van der Waals surface area contributed by atoms with Gasteiger partial charge in [0.1, 0.15) is 0 Å². The molecule has 0 aliphatic rings. The molecule has 3 aromatic rings. The van der Waals surface area contributed by atoms with Gasteiger partial charge in [0.05, 0.1) is 6.20 Å². The van der Waals surface area contributed by atoms with E-state index in [0.29, 0.717) is 0 Å². The van der Waals surface area contributed by atoms with E-state index >= 15 is 0 Å². The summed E-state index contributed by atoms with van der Waals surface area (Å²) in [6.07, 6.45) is 5.14. The van der Waals surface area contributed by atoms with Crippen LogP contribution in [0.1, 0.15) is 18.9 Å². The third-order valence-electron chi connectivity index (χ3n) is 3.44. The Kier molecular flexibility index (Phi) is 4.25. The van der Waals surface area contributed by atoms with Crippen LogP contribution in [-0.4, -0.2) is 9.78 Å². The minimum Gasteiger partial charge on any atom is -0.381 e. The first-order chi connectivity index (χ1) is 10.2. The lowest BCUT2D eigenvalue weighted by atomic mass is 10.1. The Labute approximate surface area is 133 Å². The fourth-order valence-corrected chi connectivity index (χ4v) is 2.76. The third-order valence-corrected chi connectivity index (χ3v) is 3.93. The predicted octanol–water partition coefficient (Wildman–Crippen LogP) is 4.82. The lowest BCUT2D eigenvalue weighted by Gasteiger charge is -2.07. The van der Waals surface area contributed by atoms with E-state index in [4.69, 9.17) is 0 Å². The first-order valence-electron chi connectivity index (χ1n) is 7.19. The number of halogens is 1. The van der Waals surface area contributed by atoms with Crippen molar-refractivity contribution in [1.29, 1.82) is 0 Å². The van der Waals surface area contributed by atoms with Gasteiger partial charge >= 0.3 is 0 Å². The van der Waals surface area contributed by atoms with Crippen molar-refractivity contribution in [2.24, 2.45) is 0 Å². The van der Waals surface area contributed by atoms with E-state index in [1.165, 1.54) is 16.3 Å². The zero-order valence-corrected chi connectivity index (χ0v) is 13.6. The van der Waals surface area contributed by atoms with Crippen LogP contribution in [-0.2, 0) is 13.1 Å². The summed E-state index contributed by atoms with van der Waals surface area (Å²) in [6, 6.07) is 12.8. The van der Waals surface area contributed by atoms with Gasteiger partial charge in [0, 0.05) is 35.0 Å². The van der Waals surface area contributed by atoms with Crippen LogP contribution >= 0.6 is 15.9 Å². The molecule has 0 aliphatic heterocycles. The Bertz CT molecular complexity index is 749. The molecule has 0 saturated carbocycles. The Hall–Kier alpha value is -1.81. The maximum absolute atomic E-state index is 4.35. The van der Waals surface area contributed by atoms with Crippen molar-refractivity contribution in [1.82, 2.24) is 9.78 Å². The molecule has 2 aromatic carbocycles. The molecular formula is C17H18BrN3. The van der Waals surface area contributed by atoms with Crippen LogP contribution in [0.25, 0.3) is 10.8 Å². The van der Waals surface area contributed by atoms with Crippen molar-refractivity contribution in [2.75, 3.05) is 5.32 Å². The maximum Gasteiger partial charge on any atom is 0.0539 e. The average molecular weight is 344 g/mol. The first kappa shape index (κ1) is 14.1. The van der Waals surface area contributed by atoms with Crippen LogP contribution in [0.15, 0.2) is 53.3 Å². The van der Waals surface area contributed by atoms with Crippen molar-refractivity contribution in [3.05, 3.63) is 58.8 Å². The Morgan fingerprint density at radius 3 is 2.81 bits per heavy atom. The third kappa shape index (κ3) is 3.45. The van der Waals surface area contributed by atoms with E-state index in [1.807, 2.05) is 10.9 Å². The maximum atomic E-state index is 4.35. The fraction of sp³-hybridized carbons (Fsp3) is 0.235. The van der Waals surface area contributed by atoms with E-state index in [9.17, 15) is 0 Å². The highest BCUT2D eigenvalue weighted by Gasteiger charge is 2.00. The van der Waals surface area contributed by atoms with Gasteiger partial charge in [-0.15, -0.1) is 0 Å². The predicted molar refractivity (Wildman–Crippen MR) is 91.5 cm³/mol. The molecule has 1 N–H and O–H groups in total. The topological polar surface area (TPSA) is 29.9 Å². The van der Waals surface area contributed by atoms with Crippen molar-refractivity contribution in [3.63, 3.8) is 0 Å². The highest BCUT2D eigenvalue weighted by atomic mass is 79.9. The summed E-state index contributed by atoms with van der Waals surface area (Å²) >= 11 is 3.50. The molecule has 0 amide bonds. The van der Waals surface area contributed by atoms with E-state index in [1.54, 1.807) is 0 Å². The number of hydrogen-bond donors (Lipinski definition) is 1. The summed E-state index contributed by atoms with van der Waals surface area (Å²) in [5.41, 5.74) is 2.34. The van der Waals surface area contributed by atoms with Gasteiger partial charge in [0.25, 0.3) is 0 Å². The van der Waals surface area contributed by atoms with E-state index in [-0.39, 0.29) is 0 Å². The first-order valence-corrected chi connectivity index (χ1v) is 7.98. The average Bonchev–Trinajstić information content (AvgIpc) is 2.93. The summed E-state index contributed by atoms with van der Waals surface area (Å²) in [4.78, 5) is 0. The zero-order valence-electron chi connectivity index (χ0n) is 12.0. The van der Waals surface area contributed by atoms with E-state index in [2.05, 4.69) is 75.9 Å². The molecule has 0 aliphatic carbocycles. The molecule has 0 fully saturated rings. The van der Waals surface area contributed by atoms with Crippen LogP contribution in [0.3, 0.4) is 0 Å². The number of hydrogen-bond acceptors (Lipinski definition) is 2. The molecule has 0 atom stereocenters. The number of nitrogens with one attached hydrogen (secondary N) is 1. The van der Waals surface area contributed by atoms with Crippen molar-refractivity contribution < 1.29 is 0 Å². The fourth-order valence-electron chi connectivity index (χ4n) is 2.38. The largest absolute Gasteiger partial charge is 0.381 e. The summed E-state index contributed by atoms with van der Waals surface area (Å²) in [5, 5.41) is 10.3. The van der Waals surface area contributed by atoms with Crippen LogP contribution in [0.5, 0.6) is 0 Å². The molecule has 3 rings (SSSR count). The molecule has 4 heteroatoms. The zero-order chi connectivity index (χ0) is 14.7. The second-order valence-corrected chi connectivity index (χ2v) is 6.09. The van der Waals surface area contributed by atoms with Crippen molar-refractivity contribution in [3.8, 4) is 0 Å². The minimum atomic E-state index is 0.797. The minimum absolute atomic E-state index is 0.797. The number of anilines is 1. The quantitative estimate of drug-likeness (QED) is 0.719. The van der Waals surface area contributed by atoms with Gasteiger partial charge < -0.3 is 5.32 Å². The number of rotatable bonds is 5. The standard InChI is InChI=1S/C17H18BrN3/c1-2-7-21-12-13(11-20-21)10-19-17-6-4-14-8-16(18)5-3-15(14)9-17/h3-6,8-9,11-12,19H,2,7,10H2,1H3. The lowest BCUT2D eigenvalue weighted by molar-refractivity contribution is 0.602. The van der Waals surface area contributed by atoms with Gasteiger partial charge in [0.2, 0.25) is 0 Å². The van der Waals surface area contributed by atoms with Crippen LogP contribution < -0.4 is 5.32 Å². The number of benzene rings is 2. The summed E-state index contributed by atoms with van der Waals surface area (Å²) in [7, 11) is 0. The lowest BCUT2D eigenvalue weighted by Crippen LogP contribution is -1.99. The number of aromatic nitrogens is 2. The molecule has 3 nitrogen and oxygen atoms in total.